The first-order valence-electron chi connectivity index (χ1n) is 10.2. The summed E-state index contributed by atoms with van der Waals surface area (Å²) in [5.41, 5.74) is 2.56. The number of thiazole rings is 1. The lowest BCUT2D eigenvalue weighted by atomic mass is 9.73. The number of Topliss-reactive ketones (excluding diaryl/α,β-unsaturated/α-hetero) is 1. The van der Waals surface area contributed by atoms with Crippen molar-refractivity contribution in [3.8, 4) is 0 Å². The molecule has 2 heterocycles. The summed E-state index contributed by atoms with van der Waals surface area (Å²) in [6.07, 6.45) is 2.91. The Morgan fingerprint density at radius 1 is 1.06 bits per heavy atom. The summed E-state index contributed by atoms with van der Waals surface area (Å²) in [6, 6.07) is 15.1. The van der Waals surface area contributed by atoms with E-state index < -0.39 is 6.04 Å². The summed E-state index contributed by atoms with van der Waals surface area (Å²) in [6.45, 7) is 4.11. The van der Waals surface area contributed by atoms with Crippen LogP contribution in [0.15, 0.2) is 75.7 Å². The lowest BCUT2D eigenvalue weighted by Crippen LogP contribution is -2.42. The van der Waals surface area contributed by atoms with Crippen molar-refractivity contribution in [1.82, 2.24) is 4.57 Å². The van der Waals surface area contributed by atoms with Gasteiger partial charge in [-0.3, -0.25) is 14.2 Å². The van der Waals surface area contributed by atoms with Crippen LogP contribution in [0.25, 0.3) is 6.08 Å². The van der Waals surface area contributed by atoms with Crippen molar-refractivity contribution >= 4 is 23.2 Å². The second-order valence-corrected chi connectivity index (χ2v) is 9.86. The standard InChI is InChI=1S/C25H21FN2O2S/c1-25(2)13-18-21(19(29)14-25)22(16-8-10-17(26)11-9-16)28-23(30)20(31-24(28)27-18)12-15-6-4-3-5-7-15/h3-12,22H,13-14H2,1-2H3. The van der Waals surface area contributed by atoms with Crippen molar-refractivity contribution in [1.29, 1.82) is 0 Å². The van der Waals surface area contributed by atoms with Crippen molar-refractivity contribution in [3.05, 3.63) is 102 Å². The van der Waals surface area contributed by atoms with Crippen LogP contribution in [0.2, 0.25) is 0 Å². The fraction of sp³-hybridized carbons (Fsp3) is 0.240. The topological polar surface area (TPSA) is 51.4 Å². The minimum atomic E-state index is -0.589. The van der Waals surface area contributed by atoms with Gasteiger partial charge in [-0.05, 0) is 41.2 Å². The molecule has 1 aromatic heterocycles. The Morgan fingerprint density at radius 3 is 2.48 bits per heavy atom. The van der Waals surface area contributed by atoms with Crippen molar-refractivity contribution < 1.29 is 9.18 Å². The van der Waals surface area contributed by atoms with Gasteiger partial charge in [0.1, 0.15) is 5.82 Å². The Hall–Kier alpha value is -3.12. The number of halogens is 1. The fourth-order valence-corrected chi connectivity index (χ4v) is 5.43. The van der Waals surface area contributed by atoms with Gasteiger partial charge in [-0.15, -0.1) is 0 Å². The average molecular weight is 433 g/mol. The van der Waals surface area contributed by atoms with Gasteiger partial charge in [-0.1, -0.05) is 67.6 Å². The van der Waals surface area contributed by atoms with E-state index in [1.54, 1.807) is 16.7 Å². The zero-order valence-corrected chi connectivity index (χ0v) is 18.1. The second-order valence-electron chi connectivity index (χ2n) is 8.85. The number of rotatable bonds is 2. The quantitative estimate of drug-likeness (QED) is 0.619. The third-order valence-electron chi connectivity index (χ3n) is 5.78. The van der Waals surface area contributed by atoms with Crippen LogP contribution >= 0.6 is 11.3 Å². The number of carbonyl (C=O) groups excluding carboxylic acids is 1. The van der Waals surface area contributed by atoms with Crippen LogP contribution in [0.5, 0.6) is 0 Å². The molecule has 6 heteroatoms. The van der Waals surface area contributed by atoms with E-state index in [9.17, 15) is 14.0 Å². The number of carbonyl (C=O) groups is 1. The first kappa shape index (κ1) is 19.8. The highest BCUT2D eigenvalue weighted by Gasteiger charge is 2.40. The molecule has 31 heavy (non-hydrogen) atoms. The SMILES string of the molecule is CC1(C)CC(=O)C2=C(C1)N=c1sc(=Cc3ccccc3)c(=O)n1C2c1ccc(F)cc1. The van der Waals surface area contributed by atoms with E-state index in [1.807, 2.05) is 36.4 Å². The number of hydrogen-bond acceptors (Lipinski definition) is 4. The molecule has 3 aromatic rings. The highest BCUT2D eigenvalue weighted by molar-refractivity contribution is 7.07. The molecule has 0 saturated heterocycles. The molecule has 0 amide bonds. The Kier molecular flexibility index (Phi) is 4.63. The fourth-order valence-electron chi connectivity index (χ4n) is 4.41. The summed E-state index contributed by atoms with van der Waals surface area (Å²) >= 11 is 1.32. The molecule has 1 aliphatic carbocycles. The van der Waals surface area contributed by atoms with Crippen molar-refractivity contribution in [2.45, 2.75) is 32.7 Å². The zero-order valence-electron chi connectivity index (χ0n) is 17.3. The van der Waals surface area contributed by atoms with Gasteiger partial charge in [-0.2, -0.15) is 0 Å². The van der Waals surface area contributed by atoms with Crippen LogP contribution in [0.3, 0.4) is 0 Å². The van der Waals surface area contributed by atoms with E-state index >= 15 is 0 Å². The van der Waals surface area contributed by atoms with Crippen LogP contribution in [-0.2, 0) is 4.79 Å². The molecule has 0 bridgehead atoms. The number of nitrogens with zero attached hydrogens (tertiary/aromatic N) is 2. The molecule has 2 aromatic carbocycles. The van der Waals surface area contributed by atoms with Gasteiger partial charge in [0, 0.05) is 12.0 Å². The molecule has 0 fully saturated rings. The largest absolute Gasteiger partial charge is 0.294 e. The molecular weight excluding hydrogens is 411 g/mol. The number of hydrogen-bond donors (Lipinski definition) is 0. The molecule has 1 atom stereocenters. The molecule has 0 saturated carbocycles. The van der Waals surface area contributed by atoms with Crippen LogP contribution in [-0.4, -0.2) is 10.4 Å². The molecule has 0 radical (unpaired) electrons. The third-order valence-corrected chi connectivity index (χ3v) is 6.76. The van der Waals surface area contributed by atoms with Crippen molar-refractivity contribution in [3.63, 3.8) is 0 Å². The van der Waals surface area contributed by atoms with Crippen LogP contribution in [0.1, 0.15) is 43.9 Å². The maximum Gasteiger partial charge on any atom is 0.271 e. The smallest absolute Gasteiger partial charge is 0.271 e. The monoisotopic (exact) mass is 432 g/mol. The second kappa shape index (κ2) is 7.24. The van der Waals surface area contributed by atoms with Gasteiger partial charge in [-0.25, -0.2) is 9.38 Å². The summed E-state index contributed by atoms with van der Waals surface area (Å²) < 4.78 is 15.8. The first-order chi connectivity index (χ1) is 14.8. The molecule has 4 nitrogen and oxygen atoms in total. The first-order valence-corrected chi connectivity index (χ1v) is 11.0. The van der Waals surface area contributed by atoms with E-state index in [0.29, 0.717) is 33.3 Å². The Morgan fingerprint density at radius 2 is 1.77 bits per heavy atom. The number of aromatic nitrogens is 1. The Bertz CT molecular complexity index is 1400. The zero-order chi connectivity index (χ0) is 21.8. The highest BCUT2D eigenvalue weighted by atomic mass is 32.1. The predicted octanol–water partition coefficient (Wildman–Crippen LogP) is 3.74. The third kappa shape index (κ3) is 3.51. The minimum Gasteiger partial charge on any atom is -0.294 e. The van der Waals surface area contributed by atoms with Gasteiger partial charge in [0.2, 0.25) is 0 Å². The Balaban J connectivity index is 1.78. The van der Waals surface area contributed by atoms with Gasteiger partial charge < -0.3 is 0 Å². The molecule has 5 rings (SSSR count). The van der Waals surface area contributed by atoms with E-state index in [2.05, 4.69) is 13.8 Å². The molecule has 0 spiro atoms. The Labute approximate surface area is 182 Å². The molecule has 1 aliphatic heterocycles. The number of fused-ring (bicyclic) bond motifs is 1. The van der Waals surface area contributed by atoms with Crippen LogP contribution in [0.4, 0.5) is 4.39 Å². The van der Waals surface area contributed by atoms with Gasteiger partial charge in [0.25, 0.3) is 5.56 Å². The maximum atomic E-state index is 13.6. The average Bonchev–Trinajstić information content (AvgIpc) is 3.02. The summed E-state index contributed by atoms with van der Waals surface area (Å²) in [4.78, 5) is 32.0. The lowest BCUT2D eigenvalue weighted by Gasteiger charge is -2.35. The van der Waals surface area contributed by atoms with Crippen LogP contribution < -0.4 is 14.9 Å². The van der Waals surface area contributed by atoms with E-state index in [1.165, 1.54) is 23.5 Å². The highest BCUT2D eigenvalue weighted by Crippen LogP contribution is 2.43. The maximum absolute atomic E-state index is 13.6. The van der Waals surface area contributed by atoms with Gasteiger partial charge in [0.15, 0.2) is 10.6 Å². The summed E-state index contributed by atoms with van der Waals surface area (Å²) in [5, 5.41) is 0. The number of benzene rings is 2. The van der Waals surface area contributed by atoms with Crippen LogP contribution in [0, 0.1) is 11.2 Å². The molecule has 156 valence electrons. The van der Waals surface area contributed by atoms with E-state index in [4.69, 9.17) is 4.99 Å². The van der Waals surface area contributed by atoms with Crippen molar-refractivity contribution in [2.75, 3.05) is 0 Å². The number of ketones is 1. The van der Waals surface area contributed by atoms with Gasteiger partial charge in [0.05, 0.1) is 16.3 Å². The summed E-state index contributed by atoms with van der Waals surface area (Å²) in [5.74, 6) is -0.354. The van der Waals surface area contributed by atoms with E-state index in [0.717, 1.165) is 11.3 Å². The number of allylic oxidation sites excluding steroid dienone is 2. The molecule has 1 unspecified atom stereocenters. The molecule has 0 N–H and O–H groups in total. The molecule has 2 aliphatic rings. The minimum absolute atomic E-state index is 0.00154. The lowest BCUT2D eigenvalue weighted by molar-refractivity contribution is -0.118. The molecular formula is C25H21FN2O2S. The van der Waals surface area contributed by atoms with Crippen molar-refractivity contribution in [2.24, 2.45) is 10.4 Å². The summed E-state index contributed by atoms with van der Waals surface area (Å²) in [7, 11) is 0. The van der Waals surface area contributed by atoms with E-state index in [-0.39, 0.29) is 22.6 Å². The normalized spacial score (nSPS) is 20.3. The van der Waals surface area contributed by atoms with Gasteiger partial charge >= 0.3 is 0 Å². The predicted molar refractivity (Wildman–Crippen MR) is 119 cm³/mol.